The molecular weight excluding hydrogens is 371 g/mol. The van der Waals surface area contributed by atoms with Crippen molar-refractivity contribution in [2.75, 3.05) is 13.6 Å². The van der Waals surface area contributed by atoms with Gasteiger partial charge in [0.15, 0.2) is 5.96 Å². The van der Waals surface area contributed by atoms with Crippen LogP contribution in [0.4, 0.5) is 0 Å². The zero-order valence-corrected chi connectivity index (χ0v) is 15.1. The van der Waals surface area contributed by atoms with E-state index in [2.05, 4.69) is 32.8 Å². The standard InChI is InChI=1S/C13H22N4S.HI/c1-5-6-7-8-15-13(14-4)16-9-12-10(2)17-11(3)18-12;/h5-6H,7-9H2,1-4H3,(H2,14,15,16);1H. The maximum Gasteiger partial charge on any atom is 0.191 e. The number of thiazole rings is 1. The molecule has 0 aromatic carbocycles. The molecule has 19 heavy (non-hydrogen) atoms. The van der Waals surface area contributed by atoms with Crippen LogP contribution in [0, 0.1) is 13.8 Å². The van der Waals surface area contributed by atoms with Crippen molar-refractivity contribution < 1.29 is 0 Å². The Hall–Kier alpha value is -0.630. The molecule has 0 saturated heterocycles. The fraction of sp³-hybridized carbons (Fsp3) is 0.538. The van der Waals surface area contributed by atoms with E-state index in [1.165, 1.54) is 4.88 Å². The fourth-order valence-corrected chi connectivity index (χ4v) is 2.44. The third-order valence-electron chi connectivity index (χ3n) is 2.48. The van der Waals surface area contributed by atoms with Gasteiger partial charge in [0.25, 0.3) is 0 Å². The second-order valence-corrected chi connectivity index (χ2v) is 5.24. The number of allylic oxidation sites excluding steroid dienone is 1. The molecule has 0 radical (unpaired) electrons. The van der Waals surface area contributed by atoms with Gasteiger partial charge < -0.3 is 10.6 Å². The number of hydrogen-bond donors (Lipinski definition) is 2. The first kappa shape index (κ1) is 18.4. The zero-order chi connectivity index (χ0) is 13.4. The molecule has 0 aliphatic rings. The molecule has 1 rings (SSSR count). The highest BCUT2D eigenvalue weighted by atomic mass is 127. The van der Waals surface area contributed by atoms with E-state index >= 15 is 0 Å². The van der Waals surface area contributed by atoms with Gasteiger partial charge in [-0.2, -0.15) is 0 Å². The number of aryl methyl sites for hydroxylation is 2. The van der Waals surface area contributed by atoms with Gasteiger partial charge >= 0.3 is 0 Å². The van der Waals surface area contributed by atoms with Gasteiger partial charge in [0.2, 0.25) is 0 Å². The predicted molar refractivity (Wildman–Crippen MR) is 94.6 cm³/mol. The van der Waals surface area contributed by atoms with Gasteiger partial charge in [0.1, 0.15) is 0 Å². The summed E-state index contributed by atoms with van der Waals surface area (Å²) in [7, 11) is 1.79. The number of nitrogens with zero attached hydrogens (tertiary/aromatic N) is 2. The molecule has 0 atom stereocenters. The third kappa shape index (κ3) is 6.91. The number of aliphatic imine (C=N–C) groups is 1. The van der Waals surface area contributed by atoms with Crippen molar-refractivity contribution in [2.24, 2.45) is 4.99 Å². The Kier molecular flexibility index (Phi) is 9.85. The summed E-state index contributed by atoms with van der Waals surface area (Å²) in [6.07, 6.45) is 5.20. The van der Waals surface area contributed by atoms with Gasteiger partial charge in [-0.15, -0.1) is 35.3 Å². The van der Waals surface area contributed by atoms with Crippen molar-refractivity contribution in [1.29, 1.82) is 0 Å². The van der Waals surface area contributed by atoms with E-state index in [-0.39, 0.29) is 24.0 Å². The molecule has 0 spiro atoms. The Bertz CT molecular complexity index is 426. The van der Waals surface area contributed by atoms with E-state index in [1.807, 2.05) is 20.8 Å². The smallest absolute Gasteiger partial charge is 0.191 e. The Morgan fingerprint density at radius 1 is 1.37 bits per heavy atom. The van der Waals surface area contributed by atoms with E-state index in [1.54, 1.807) is 18.4 Å². The number of rotatable bonds is 5. The SMILES string of the molecule is CC=CCCNC(=NC)NCc1sc(C)nc1C.I. The van der Waals surface area contributed by atoms with Crippen molar-refractivity contribution >= 4 is 41.3 Å². The summed E-state index contributed by atoms with van der Waals surface area (Å²) in [5, 5.41) is 7.69. The first-order chi connectivity index (χ1) is 8.67. The second kappa shape index (κ2) is 10.2. The van der Waals surface area contributed by atoms with Crippen molar-refractivity contribution in [1.82, 2.24) is 15.6 Å². The topological polar surface area (TPSA) is 49.3 Å². The highest BCUT2D eigenvalue weighted by molar-refractivity contribution is 14.0. The van der Waals surface area contributed by atoms with E-state index in [4.69, 9.17) is 0 Å². The van der Waals surface area contributed by atoms with Crippen molar-refractivity contribution in [2.45, 2.75) is 33.7 Å². The molecule has 4 nitrogen and oxygen atoms in total. The molecule has 1 heterocycles. The average molecular weight is 394 g/mol. The maximum atomic E-state index is 4.41. The Labute approximate surface area is 136 Å². The minimum Gasteiger partial charge on any atom is -0.356 e. The lowest BCUT2D eigenvalue weighted by Gasteiger charge is -2.10. The summed E-state index contributed by atoms with van der Waals surface area (Å²) in [6.45, 7) is 7.78. The number of hydrogen-bond acceptors (Lipinski definition) is 3. The average Bonchev–Trinajstić information content (AvgIpc) is 2.67. The lowest BCUT2D eigenvalue weighted by atomic mass is 10.4. The van der Waals surface area contributed by atoms with Crippen molar-refractivity contribution in [3.05, 3.63) is 27.7 Å². The van der Waals surface area contributed by atoms with E-state index in [0.29, 0.717) is 0 Å². The van der Waals surface area contributed by atoms with Crippen LogP contribution in [0.25, 0.3) is 0 Å². The summed E-state index contributed by atoms with van der Waals surface area (Å²) >= 11 is 1.73. The van der Waals surface area contributed by atoms with Gasteiger partial charge in [0, 0.05) is 18.5 Å². The Morgan fingerprint density at radius 2 is 2.11 bits per heavy atom. The summed E-state index contributed by atoms with van der Waals surface area (Å²) in [6, 6.07) is 0. The monoisotopic (exact) mass is 394 g/mol. The van der Waals surface area contributed by atoms with Gasteiger partial charge in [0.05, 0.1) is 17.2 Å². The van der Waals surface area contributed by atoms with Crippen LogP contribution in [-0.4, -0.2) is 24.5 Å². The van der Waals surface area contributed by atoms with Crippen LogP contribution in [0.1, 0.15) is 28.9 Å². The van der Waals surface area contributed by atoms with Gasteiger partial charge in [-0.1, -0.05) is 12.2 Å². The molecule has 0 fully saturated rings. The van der Waals surface area contributed by atoms with Crippen LogP contribution in [0.2, 0.25) is 0 Å². The van der Waals surface area contributed by atoms with Crippen LogP contribution in [0.3, 0.4) is 0 Å². The largest absolute Gasteiger partial charge is 0.356 e. The fourth-order valence-electron chi connectivity index (χ4n) is 1.56. The molecule has 0 aliphatic carbocycles. The van der Waals surface area contributed by atoms with Crippen molar-refractivity contribution in [3.8, 4) is 0 Å². The van der Waals surface area contributed by atoms with E-state index < -0.39 is 0 Å². The lowest BCUT2D eigenvalue weighted by molar-refractivity contribution is 0.806. The predicted octanol–water partition coefficient (Wildman–Crippen LogP) is 3.01. The van der Waals surface area contributed by atoms with Crippen LogP contribution >= 0.6 is 35.3 Å². The summed E-state index contributed by atoms with van der Waals surface area (Å²) < 4.78 is 0. The molecule has 2 N–H and O–H groups in total. The van der Waals surface area contributed by atoms with Gasteiger partial charge in [-0.3, -0.25) is 4.99 Å². The minimum atomic E-state index is 0. The maximum absolute atomic E-state index is 4.41. The van der Waals surface area contributed by atoms with E-state index in [9.17, 15) is 0 Å². The van der Waals surface area contributed by atoms with Crippen molar-refractivity contribution in [3.63, 3.8) is 0 Å². The summed E-state index contributed by atoms with van der Waals surface area (Å²) in [5.41, 5.74) is 1.11. The molecule has 0 aliphatic heterocycles. The molecule has 0 bridgehead atoms. The second-order valence-electron chi connectivity index (χ2n) is 3.95. The molecule has 0 amide bonds. The van der Waals surface area contributed by atoms with E-state index in [0.717, 1.165) is 36.2 Å². The summed E-state index contributed by atoms with van der Waals surface area (Å²) in [4.78, 5) is 9.87. The molecule has 6 heteroatoms. The number of halogens is 1. The Balaban J connectivity index is 0.00000324. The first-order valence-corrected chi connectivity index (χ1v) is 6.97. The zero-order valence-electron chi connectivity index (χ0n) is 12.0. The van der Waals surface area contributed by atoms with Crippen LogP contribution in [-0.2, 0) is 6.54 Å². The molecule has 1 aromatic heterocycles. The minimum absolute atomic E-state index is 0. The molecular formula is C13H23IN4S. The van der Waals surface area contributed by atoms with Crippen LogP contribution < -0.4 is 10.6 Å². The van der Waals surface area contributed by atoms with Gasteiger partial charge in [-0.25, -0.2) is 4.98 Å². The highest BCUT2D eigenvalue weighted by Crippen LogP contribution is 2.16. The highest BCUT2D eigenvalue weighted by Gasteiger charge is 2.05. The lowest BCUT2D eigenvalue weighted by Crippen LogP contribution is -2.37. The molecule has 0 unspecified atom stereocenters. The number of aromatic nitrogens is 1. The molecule has 0 saturated carbocycles. The normalized spacial score (nSPS) is 11.5. The molecule has 1 aromatic rings. The number of guanidine groups is 1. The van der Waals surface area contributed by atoms with Crippen LogP contribution in [0.15, 0.2) is 17.1 Å². The third-order valence-corrected chi connectivity index (χ3v) is 3.55. The summed E-state index contributed by atoms with van der Waals surface area (Å²) in [5.74, 6) is 0.838. The van der Waals surface area contributed by atoms with Crippen LogP contribution in [0.5, 0.6) is 0 Å². The number of nitrogens with one attached hydrogen (secondary N) is 2. The first-order valence-electron chi connectivity index (χ1n) is 6.16. The van der Waals surface area contributed by atoms with Gasteiger partial charge in [-0.05, 0) is 27.2 Å². The molecule has 108 valence electrons. The quantitative estimate of drug-likeness (QED) is 0.265. The Morgan fingerprint density at radius 3 is 2.63 bits per heavy atom.